The first kappa shape index (κ1) is 20.7. The molecule has 1 heterocycles. The van der Waals surface area contributed by atoms with Crippen LogP contribution in [0, 0.1) is 5.92 Å². The topological polar surface area (TPSA) is 97.3 Å². The number of nitrogens with one attached hydrogen (secondary N) is 1. The molecule has 2 aliphatic carbocycles. The van der Waals surface area contributed by atoms with E-state index in [1.165, 1.54) is 44.1 Å². The minimum Gasteiger partial charge on any atom is -0.494 e. The SMILES string of the molecule is O=C(O)c1[nH]nnc1O[C@H]1CC[C@H](c2ccc(OCCC3CCCCC3)cc2)CC1. The molecule has 0 atom stereocenters. The number of carboxylic acid groups (broad SMARTS) is 1. The minimum atomic E-state index is -1.11. The number of benzene rings is 1. The molecule has 2 saturated carbocycles. The van der Waals surface area contributed by atoms with Gasteiger partial charge in [0.1, 0.15) is 11.9 Å². The van der Waals surface area contributed by atoms with Gasteiger partial charge in [-0.3, -0.25) is 0 Å². The van der Waals surface area contributed by atoms with Crippen molar-refractivity contribution in [2.75, 3.05) is 6.61 Å². The highest BCUT2D eigenvalue weighted by Gasteiger charge is 2.26. The quantitative estimate of drug-likeness (QED) is 0.635. The molecule has 1 aromatic heterocycles. The van der Waals surface area contributed by atoms with Gasteiger partial charge in [-0.2, -0.15) is 0 Å². The number of rotatable bonds is 8. The number of carbonyl (C=O) groups is 1. The van der Waals surface area contributed by atoms with Crippen LogP contribution in [0.3, 0.4) is 0 Å². The molecule has 0 amide bonds. The van der Waals surface area contributed by atoms with Crippen molar-refractivity contribution in [3.05, 3.63) is 35.5 Å². The molecule has 7 nitrogen and oxygen atoms in total. The summed E-state index contributed by atoms with van der Waals surface area (Å²) in [7, 11) is 0. The largest absolute Gasteiger partial charge is 0.494 e. The van der Waals surface area contributed by atoms with Crippen molar-refractivity contribution in [3.63, 3.8) is 0 Å². The normalized spacial score (nSPS) is 22.5. The second kappa shape index (κ2) is 9.96. The van der Waals surface area contributed by atoms with Gasteiger partial charge in [-0.15, -0.1) is 0 Å². The van der Waals surface area contributed by atoms with Crippen molar-refractivity contribution < 1.29 is 19.4 Å². The molecule has 30 heavy (non-hydrogen) atoms. The molecular weight excluding hydrogens is 382 g/mol. The standard InChI is InChI=1S/C23H31N3O4/c27-23(28)21-22(25-26-24-21)30-20-12-8-18(9-13-20)17-6-10-19(11-7-17)29-15-14-16-4-2-1-3-5-16/h6-7,10-11,16,18,20H,1-5,8-9,12-15H2,(H,27,28)(H,24,25,26)/t18-,20-. The van der Waals surface area contributed by atoms with Gasteiger partial charge in [0, 0.05) is 0 Å². The number of aromatic amines is 1. The summed E-state index contributed by atoms with van der Waals surface area (Å²) in [6.45, 7) is 0.812. The van der Waals surface area contributed by atoms with E-state index in [2.05, 4.69) is 39.7 Å². The summed E-state index contributed by atoms with van der Waals surface area (Å²) in [5.41, 5.74) is 1.25. The summed E-state index contributed by atoms with van der Waals surface area (Å²) in [5, 5.41) is 18.8. The van der Waals surface area contributed by atoms with Crippen LogP contribution in [0.1, 0.15) is 86.2 Å². The van der Waals surface area contributed by atoms with E-state index >= 15 is 0 Å². The van der Waals surface area contributed by atoms with Gasteiger partial charge in [-0.25, -0.2) is 9.89 Å². The second-order valence-electron chi connectivity index (χ2n) is 8.60. The molecule has 1 aromatic carbocycles. The maximum atomic E-state index is 11.1. The van der Waals surface area contributed by atoms with Crippen molar-refractivity contribution in [1.29, 1.82) is 0 Å². The van der Waals surface area contributed by atoms with Gasteiger partial charge >= 0.3 is 5.97 Å². The minimum absolute atomic E-state index is 0.0214. The number of nitrogens with zero attached hydrogens (tertiary/aromatic N) is 2. The van der Waals surface area contributed by atoms with Crippen molar-refractivity contribution in [2.45, 2.75) is 76.2 Å². The van der Waals surface area contributed by atoms with Gasteiger partial charge in [0.15, 0.2) is 0 Å². The summed E-state index contributed by atoms with van der Waals surface area (Å²) in [6.07, 6.45) is 11.8. The smallest absolute Gasteiger partial charge is 0.359 e. The molecule has 0 unspecified atom stereocenters. The van der Waals surface area contributed by atoms with Crippen LogP contribution < -0.4 is 9.47 Å². The Bertz CT molecular complexity index is 806. The molecule has 162 valence electrons. The molecule has 0 aliphatic heterocycles. The van der Waals surface area contributed by atoms with E-state index in [9.17, 15) is 4.79 Å². The number of ether oxygens (including phenoxy) is 2. The van der Waals surface area contributed by atoms with Crippen molar-refractivity contribution >= 4 is 5.97 Å². The van der Waals surface area contributed by atoms with E-state index in [0.717, 1.165) is 44.0 Å². The zero-order valence-electron chi connectivity index (χ0n) is 17.4. The molecule has 0 radical (unpaired) electrons. The van der Waals surface area contributed by atoms with Crippen LogP contribution in [0.5, 0.6) is 11.6 Å². The zero-order valence-corrected chi connectivity index (χ0v) is 17.4. The van der Waals surface area contributed by atoms with E-state index in [1.807, 2.05) is 0 Å². The third-order valence-corrected chi connectivity index (χ3v) is 6.55. The lowest BCUT2D eigenvalue weighted by Crippen LogP contribution is -2.24. The Hall–Kier alpha value is -2.57. The van der Waals surface area contributed by atoms with Crippen LogP contribution in [0.4, 0.5) is 0 Å². The summed E-state index contributed by atoms with van der Waals surface area (Å²) >= 11 is 0. The third kappa shape index (κ3) is 5.32. The van der Waals surface area contributed by atoms with Crippen molar-refractivity contribution in [1.82, 2.24) is 15.4 Å². The predicted octanol–water partition coefficient (Wildman–Crippen LogP) is 4.96. The molecule has 2 aromatic rings. The summed E-state index contributed by atoms with van der Waals surface area (Å²) < 4.78 is 11.8. The van der Waals surface area contributed by atoms with Crippen molar-refractivity contribution in [2.24, 2.45) is 5.92 Å². The van der Waals surface area contributed by atoms with E-state index < -0.39 is 5.97 Å². The van der Waals surface area contributed by atoms with Crippen LogP contribution >= 0.6 is 0 Å². The Balaban J connectivity index is 1.21. The monoisotopic (exact) mass is 413 g/mol. The molecule has 2 N–H and O–H groups in total. The molecule has 0 spiro atoms. The Labute approximate surface area is 177 Å². The highest BCUT2D eigenvalue weighted by Crippen LogP contribution is 2.35. The van der Waals surface area contributed by atoms with E-state index in [4.69, 9.17) is 14.6 Å². The lowest BCUT2D eigenvalue weighted by molar-refractivity contribution is 0.0677. The number of aromatic nitrogens is 3. The lowest BCUT2D eigenvalue weighted by atomic mass is 9.83. The summed E-state index contributed by atoms with van der Waals surface area (Å²) in [4.78, 5) is 11.1. The Morgan fingerprint density at radius 2 is 1.77 bits per heavy atom. The fourth-order valence-corrected chi connectivity index (χ4v) is 4.77. The molecular formula is C23H31N3O4. The number of aromatic carboxylic acids is 1. The van der Waals surface area contributed by atoms with Gasteiger partial charge in [0.2, 0.25) is 5.69 Å². The number of hydrogen-bond donors (Lipinski definition) is 2. The number of hydrogen-bond acceptors (Lipinski definition) is 5. The van der Waals surface area contributed by atoms with Gasteiger partial charge in [0.05, 0.1) is 6.61 Å². The molecule has 4 rings (SSSR count). The van der Waals surface area contributed by atoms with Crippen LogP contribution in [-0.2, 0) is 0 Å². The summed E-state index contributed by atoms with van der Waals surface area (Å²) in [6, 6.07) is 8.55. The maximum absolute atomic E-state index is 11.1. The molecule has 0 bridgehead atoms. The first-order chi connectivity index (χ1) is 14.7. The molecule has 0 saturated heterocycles. The maximum Gasteiger partial charge on any atom is 0.359 e. The molecule has 2 fully saturated rings. The fraction of sp³-hybridized carbons (Fsp3) is 0.609. The van der Waals surface area contributed by atoms with Crippen LogP contribution in [0.25, 0.3) is 0 Å². The van der Waals surface area contributed by atoms with E-state index in [1.54, 1.807) is 0 Å². The van der Waals surface area contributed by atoms with Gasteiger partial charge in [-0.1, -0.05) is 54.5 Å². The van der Waals surface area contributed by atoms with E-state index in [0.29, 0.717) is 5.92 Å². The highest BCUT2D eigenvalue weighted by molar-refractivity contribution is 5.87. The lowest BCUT2D eigenvalue weighted by Gasteiger charge is -2.28. The first-order valence-corrected chi connectivity index (χ1v) is 11.2. The van der Waals surface area contributed by atoms with Crippen LogP contribution in [0.2, 0.25) is 0 Å². The van der Waals surface area contributed by atoms with Gasteiger partial charge in [-0.05, 0) is 61.6 Å². The van der Waals surface area contributed by atoms with Gasteiger partial charge in [0.25, 0.3) is 5.88 Å². The Morgan fingerprint density at radius 1 is 1.03 bits per heavy atom. The van der Waals surface area contributed by atoms with Crippen LogP contribution in [0.15, 0.2) is 24.3 Å². The van der Waals surface area contributed by atoms with Crippen molar-refractivity contribution in [3.8, 4) is 11.6 Å². The Morgan fingerprint density at radius 3 is 2.47 bits per heavy atom. The second-order valence-corrected chi connectivity index (χ2v) is 8.60. The van der Waals surface area contributed by atoms with Crippen LogP contribution in [-0.4, -0.2) is 39.2 Å². The van der Waals surface area contributed by atoms with Gasteiger partial charge < -0.3 is 14.6 Å². The predicted molar refractivity (Wildman–Crippen MR) is 112 cm³/mol. The Kier molecular flexibility index (Phi) is 6.87. The molecule has 7 heteroatoms. The summed E-state index contributed by atoms with van der Waals surface area (Å²) in [5.74, 6) is 1.28. The molecule has 2 aliphatic rings. The average molecular weight is 414 g/mol. The highest BCUT2D eigenvalue weighted by atomic mass is 16.5. The number of H-pyrrole nitrogens is 1. The zero-order chi connectivity index (χ0) is 20.8. The average Bonchev–Trinajstić information content (AvgIpc) is 3.24. The van der Waals surface area contributed by atoms with E-state index in [-0.39, 0.29) is 17.7 Å². The first-order valence-electron chi connectivity index (χ1n) is 11.2. The fourth-order valence-electron chi connectivity index (χ4n) is 4.77. The third-order valence-electron chi connectivity index (χ3n) is 6.55. The number of carboxylic acids is 1.